The summed E-state index contributed by atoms with van der Waals surface area (Å²) in [6, 6.07) is 8.13. The molecule has 122 valence electrons. The summed E-state index contributed by atoms with van der Waals surface area (Å²) < 4.78 is 1.95. The van der Waals surface area contributed by atoms with E-state index in [1.165, 1.54) is 6.42 Å². The smallest absolute Gasteiger partial charge is 0.270 e. The number of piperidine rings is 1. The van der Waals surface area contributed by atoms with Crippen molar-refractivity contribution in [3.05, 3.63) is 35.0 Å². The van der Waals surface area contributed by atoms with Crippen LogP contribution in [0.2, 0.25) is 5.02 Å². The Bertz CT molecular complexity index is 769. The molecule has 4 nitrogen and oxygen atoms in total. The van der Waals surface area contributed by atoms with E-state index in [2.05, 4.69) is 16.8 Å². The summed E-state index contributed by atoms with van der Waals surface area (Å²) in [6.07, 6.45) is 2.35. The van der Waals surface area contributed by atoms with E-state index in [9.17, 15) is 4.79 Å². The molecule has 0 saturated carbocycles. The summed E-state index contributed by atoms with van der Waals surface area (Å²) >= 11 is 6.32. The first-order valence-electron chi connectivity index (χ1n) is 8.28. The number of aryl methyl sites for hydroxylation is 1. The molecule has 3 saturated heterocycles. The second-order valence-electron chi connectivity index (χ2n) is 7.04. The van der Waals surface area contributed by atoms with Gasteiger partial charge in [-0.15, -0.1) is 0 Å². The summed E-state index contributed by atoms with van der Waals surface area (Å²) in [6.45, 7) is 2.96. The number of carbonyl (C=O) groups is 1. The highest BCUT2D eigenvalue weighted by Gasteiger charge is 2.37. The van der Waals surface area contributed by atoms with Crippen LogP contribution in [-0.2, 0) is 7.05 Å². The predicted octanol–water partition coefficient (Wildman–Crippen LogP) is 3.00. The normalized spacial score (nSPS) is 25.1. The fourth-order valence-corrected chi connectivity index (χ4v) is 4.59. The summed E-state index contributed by atoms with van der Waals surface area (Å²) in [5.41, 5.74) is 1.68. The summed E-state index contributed by atoms with van der Waals surface area (Å²) in [7, 11) is 4.10. The number of fused-ring (bicyclic) bond motifs is 5. The molecule has 0 radical (unpaired) electrons. The lowest BCUT2D eigenvalue weighted by molar-refractivity contribution is 0.0577. The number of nitrogens with zero attached hydrogens (tertiary/aromatic N) is 3. The van der Waals surface area contributed by atoms with E-state index in [0.717, 1.165) is 42.7 Å². The number of likely N-dealkylation sites (N-methyl/N-ethyl adjacent to an activating group) is 1. The van der Waals surface area contributed by atoms with Crippen molar-refractivity contribution in [3.8, 4) is 0 Å². The molecular formula is C18H22ClN3O. The molecule has 2 bridgehead atoms. The van der Waals surface area contributed by atoms with E-state index >= 15 is 0 Å². The Kier molecular flexibility index (Phi) is 3.62. The van der Waals surface area contributed by atoms with Crippen LogP contribution < -0.4 is 0 Å². The number of rotatable bonds is 1. The molecule has 0 aliphatic carbocycles. The molecule has 0 N–H and O–H groups in total. The Hall–Kier alpha value is -1.52. The molecule has 1 aromatic carbocycles. The number of amides is 1. The molecular weight excluding hydrogens is 310 g/mol. The number of halogens is 1. The third kappa shape index (κ3) is 2.45. The zero-order chi connectivity index (χ0) is 16.1. The van der Waals surface area contributed by atoms with Gasteiger partial charge in [0.25, 0.3) is 5.91 Å². The minimum atomic E-state index is 0.143. The first-order valence-corrected chi connectivity index (χ1v) is 8.66. The Labute approximate surface area is 141 Å². The second kappa shape index (κ2) is 5.53. The number of aromatic nitrogens is 1. The molecule has 2 aromatic rings. The van der Waals surface area contributed by atoms with Crippen molar-refractivity contribution in [1.29, 1.82) is 0 Å². The van der Waals surface area contributed by atoms with Crippen LogP contribution in [0.4, 0.5) is 0 Å². The van der Waals surface area contributed by atoms with Gasteiger partial charge in [0.15, 0.2) is 0 Å². The number of hydrogen-bond acceptors (Lipinski definition) is 2. The predicted molar refractivity (Wildman–Crippen MR) is 93.0 cm³/mol. The van der Waals surface area contributed by atoms with Gasteiger partial charge < -0.3 is 14.4 Å². The van der Waals surface area contributed by atoms with Gasteiger partial charge in [-0.3, -0.25) is 4.79 Å². The Morgan fingerprint density at radius 1 is 1.17 bits per heavy atom. The van der Waals surface area contributed by atoms with Crippen molar-refractivity contribution < 1.29 is 4.79 Å². The van der Waals surface area contributed by atoms with Crippen LogP contribution in [0.15, 0.2) is 24.3 Å². The number of para-hydroxylation sites is 1. The van der Waals surface area contributed by atoms with Gasteiger partial charge in [0.1, 0.15) is 5.69 Å². The monoisotopic (exact) mass is 331 g/mol. The summed E-state index contributed by atoms with van der Waals surface area (Å²) in [5, 5.41) is 1.72. The van der Waals surface area contributed by atoms with E-state index < -0.39 is 0 Å². The highest BCUT2D eigenvalue weighted by molar-refractivity contribution is 6.35. The topological polar surface area (TPSA) is 28.5 Å². The average Bonchev–Trinajstić information content (AvgIpc) is 2.66. The van der Waals surface area contributed by atoms with Gasteiger partial charge in [0, 0.05) is 38.1 Å². The fraction of sp³-hybridized carbons (Fsp3) is 0.500. The Morgan fingerprint density at radius 3 is 2.78 bits per heavy atom. The largest absolute Gasteiger partial charge is 0.338 e. The molecule has 0 spiro atoms. The first kappa shape index (κ1) is 15.0. The van der Waals surface area contributed by atoms with Crippen LogP contribution in [0.1, 0.15) is 23.3 Å². The maximum atomic E-state index is 13.2. The molecule has 5 heteroatoms. The summed E-state index contributed by atoms with van der Waals surface area (Å²) in [5.74, 6) is 0.741. The summed E-state index contributed by atoms with van der Waals surface area (Å²) in [4.78, 5) is 17.7. The van der Waals surface area contributed by atoms with Crippen molar-refractivity contribution in [2.24, 2.45) is 13.0 Å². The number of hydrogen-bond donors (Lipinski definition) is 0. The van der Waals surface area contributed by atoms with E-state index in [4.69, 9.17) is 11.6 Å². The lowest BCUT2D eigenvalue weighted by atomic mass is 9.94. The zero-order valence-electron chi connectivity index (χ0n) is 13.6. The van der Waals surface area contributed by atoms with Crippen molar-refractivity contribution in [1.82, 2.24) is 14.4 Å². The van der Waals surface area contributed by atoms with Gasteiger partial charge in [0.2, 0.25) is 0 Å². The van der Waals surface area contributed by atoms with Crippen molar-refractivity contribution in [3.63, 3.8) is 0 Å². The minimum absolute atomic E-state index is 0.143. The van der Waals surface area contributed by atoms with Gasteiger partial charge >= 0.3 is 0 Å². The van der Waals surface area contributed by atoms with Crippen LogP contribution in [0, 0.1) is 5.92 Å². The fourth-order valence-electron chi connectivity index (χ4n) is 4.28. The maximum Gasteiger partial charge on any atom is 0.270 e. The lowest BCUT2D eigenvalue weighted by Crippen LogP contribution is -2.47. The number of benzene rings is 1. The standard InChI is InChI=1S/C18H22ClN3O/c1-20-9-12-6-7-14(11-20)22(10-12)18(23)16-8-13-4-3-5-15(19)17(13)21(16)2/h3-5,8,12,14H,6-7,9-11H2,1-2H3/t12-,14+/m1/s1. The highest BCUT2D eigenvalue weighted by Crippen LogP contribution is 2.31. The zero-order valence-corrected chi connectivity index (χ0v) is 14.4. The molecule has 23 heavy (non-hydrogen) atoms. The van der Waals surface area contributed by atoms with Crippen molar-refractivity contribution >= 4 is 28.4 Å². The molecule has 3 aliphatic heterocycles. The molecule has 0 unspecified atom stereocenters. The van der Waals surface area contributed by atoms with Crippen LogP contribution in [0.5, 0.6) is 0 Å². The highest BCUT2D eigenvalue weighted by atomic mass is 35.5. The quantitative estimate of drug-likeness (QED) is 0.803. The third-order valence-electron chi connectivity index (χ3n) is 5.38. The Balaban J connectivity index is 1.72. The molecule has 5 rings (SSSR count). The van der Waals surface area contributed by atoms with E-state index in [0.29, 0.717) is 17.0 Å². The van der Waals surface area contributed by atoms with Gasteiger partial charge in [-0.25, -0.2) is 0 Å². The van der Waals surface area contributed by atoms with Gasteiger partial charge in [-0.1, -0.05) is 23.7 Å². The van der Waals surface area contributed by atoms with Gasteiger partial charge in [-0.2, -0.15) is 0 Å². The average molecular weight is 332 g/mol. The SMILES string of the molecule is CN1C[C@H]2CC[C@@H](C1)N(C(=O)c1cc3cccc(Cl)c3n1C)C2. The molecule has 2 atom stereocenters. The maximum absolute atomic E-state index is 13.2. The molecule has 1 aromatic heterocycles. The van der Waals surface area contributed by atoms with Crippen molar-refractivity contribution in [2.75, 3.05) is 26.7 Å². The Morgan fingerprint density at radius 2 is 2.00 bits per heavy atom. The van der Waals surface area contributed by atoms with E-state index in [-0.39, 0.29) is 5.91 Å². The molecule has 3 fully saturated rings. The van der Waals surface area contributed by atoms with Crippen LogP contribution >= 0.6 is 11.6 Å². The van der Waals surface area contributed by atoms with Crippen molar-refractivity contribution in [2.45, 2.75) is 18.9 Å². The van der Waals surface area contributed by atoms with E-state index in [1.54, 1.807) is 0 Å². The minimum Gasteiger partial charge on any atom is -0.338 e. The first-order chi connectivity index (χ1) is 11.0. The third-order valence-corrected chi connectivity index (χ3v) is 5.69. The van der Waals surface area contributed by atoms with E-state index in [1.807, 2.05) is 35.9 Å². The molecule has 3 aliphatic rings. The lowest BCUT2D eigenvalue weighted by Gasteiger charge is -2.36. The van der Waals surface area contributed by atoms with Crippen LogP contribution in [0.3, 0.4) is 0 Å². The second-order valence-corrected chi connectivity index (χ2v) is 7.45. The van der Waals surface area contributed by atoms with Crippen LogP contribution in [0.25, 0.3) is 10.9 Å². The molecule has 1 amide bonds. The van der Waals surface area contributed by atoms with Gasteiger partial charge in [-0.05, 0) is 37.9 Å². The number of carbonyl (C=O) groups excluding carboxylic acids is 1. The molecule has 4 heterocycles. The van der Waals surface area contributed by atoms with Crippen LogP contribution in [-0.4, -0.2) is 53.0 Å². The van der Waals surface area contributed by atoms with Gasteiger partial charge in [0.05, 0.1) is 10.5 Å².